The van der Waals surface area contributed by atoms with Gasteiger partial charge in [0.25, 0.3) is 10.1 Å². The van der Waals surface area contributed by atoms with Gasteiger partial charge in [-0.3, -0.25) is 4.18 Å². The van der Waals surface area contributed by atoms with Gasteiger partial charge in [0.15, 0.2) is 0 Å². The summed E-state index contributed by atoms with van der Waals surface area (Å²) >= 11 is 0. The molecule has 1 aromatic carbocycles. The zero-order valence-corrected chi connectivity index (χ0v) is 30.4. The first-order valence-electron chi connectivity index (χ1n) is 19.5. The maximum absolute atomic E-state index is 12.2. The minimum absolute atomic E-state index is 0.254. The zero-order chi connectivity index (χ0) is 31.8. The van der Waals surface area contributed by atoms with Crippen molar-refractivity contribution in [3.8, 4) is 0 Å². The molecule has 3 nitrogen and oxygen atoms in total. The van der Waals surface area contributed by atoms with E-state index in [1.807, 2.05) is 6.92 Å². The summed E-state index contributed by atoms with van der Waals surface area (Å²) < 4.78 is 29.6. The fourth-order valence-electron chi connectivity index (χ4n) is 6.24. The third kappa shape index (κ3) is 26.4. The van der Waals surface area contributed by atoms with E-state index in [9.17, 15) is 8.42 Å². The molecule has 0 aliphatic heterocycles. The van der Waals surface area contributed by atoms with Crippen molar-refractivity contribution in [1.82, 2.24) is 0 Å². The van der Waals surface area contributed by atoms with Gasteiger partial charge in [-0.25, -0.2) is 0 Å². The summed E-state index contributed by atoms with van der Waals surface area (Å²) in [5.74, 6) is 0. The van der Waals surface area contributed by atoms with Crippen molar-refractivity contribution in [3.05, 3.63) is 29.8 Å². The minimum Gasteiger partial charge on any atom is -0.266 e. The van der Waals surface area contributed by atoms with Gasteiger partial charge >= 0.3 is 0 Å². The van der Waals surface area contributed by atoms with E-state index in [1.165, 1.54) is 186 Å². The Labute approximate surface area is 276 Å². The molecule has 0 amide bonds. The molecule has 4 heteroatoms. The predicted octanol–water partition coefficient (Wildman–Crippen LogP) is 13.8. The van der Waals surface area contributed by atoms with E-state index in [0.29, 0.717) is 0 Å². The Morgan fingerprint density at radius 1 is 0.409 bits per heavy atom. The monoisotopic (exact) mass is 635 g/mol. The molecule has 44 heavy (non-hydrogen) atoms. The first-order valence-corrected chi connectivity index (χ1v) is 20.9. The van der Waals surface area contributed by atoms with Crippen LogP contribution >= 0.6 is 0 Å². The summed E-state index contributed by atoms with van der Waals surface area (Å²) in [5, 5.41) is 0. The third-order valence-electron chi connectivity index (χ3n) is 9.30. The summed E-state index contributed by atoms with van der Waals surface area (Å²) in [4.78, 5) is 0.254. The SMILES string of the molecule is CCCCCCCCCCCCCCCCCCCCCCCCCCCCCCCCCOS(=O)(=O)c1ccc(C)cc1. The zero-order valence-electron chi connectivity index (χ0n) is 29.6. The molecule has 1 aromatic rings. The lowest BCUT2D eigenvalue weighted by Gasteiger charge is -2.06. The highest BCUT2D eigenvalue weighted by Crippen LogP contribution is 2.17. The normalized spacial score (nSPS) is 11.9. The van der Waals surface area contributed by atoms with Crippen LogP contribution in [0, 0.1) is 6.92 Å². The molecule has 1 rings (SSSR count). The predicted molar refractivity (Wildman–Crippen MR) is 193 cm³/mol. The lowest BCUT2D eigenvalue weighted by Crippen LogP contribution is -2.07. The van der Waals surface area contributed by atoms with E-state index < -0.39 is 10.1 Å². The van der Waals surface area contributed by atoms with Gasteiger partial charge in [-0.05, 0) is 25.5 Å². The van der Waals surface area contributed by atoms with Crippen molar-refractivity contribution in [2.75, 3.05) is 6.61 Å². The topological polar surface area (TPSA) is 43.4 Å². The highest BCUT2D eigenvalue weighted by atomic mass is 32.2. The number of aryl methyl sites for hydroxylation is 1. The van der Waals surface area contributed by atoms with Crippen LogP contribution in [0.3, 0.4) is 0 Å². The van der Waals surface area contributed by atoms with Gasteiger partial charge < -0.3 is 0 Å². The summed E-state index contributed by atoms with van der Waals surface area (Å²) in [6, 6.07) is 6.85. The van der Waals surface area contributed by atoms with Crippen LogP contribution in [0.5, 0.6) is 0 Å². The van der Waals surface area contributed by atoms with Crippen molar-refractivity contribution in [2.45, 2.75) is 218 Å². The molecule has 0 fully saturated rings. The van der Waals surface area contributed by atoms with Crippen molar-refractivity contribution in [2.24, 2.45) is 0 Å². The summed E-state index contributed by atoms with van der Waals surface area (Å²) in [6.45, 7) is 4.53. The fourth-order valence-corrected chi connectivity index (χ4v) is 7.19. The number of hydrogen-bond donors (Lipinski definition) is 0. The molecule has 0 heterocycles. The van der Waals surface area contributed by atoms with Crippen LogP contribution in [0.25, 0.3) is 0 Å². The Bertz CT molecular complexity index is 818. The number of unbranched alkanes of at least 4 members (excludes halogenated alkanes) is 30. The van der Waals surface area contributed by atoms with Crippen LogP contribution < -0.4 is 0 Å². The quantitative estimate of drug-likeness (QED) is 0.0559. The van der Waals surface area contributed by atoms with Crippen molar-refractivity contribution >= 4 is 10.1 Å². The summed E-state index contributed by atoms with van der Waals surface area (Å²) in [5.41, 5.74) is 1.05. The Morgan fingerprint density at radius 2 is 0.659 bits per heavy atom. The minimum atomic E-state index is -3.61. The Morgan fingerprint density at radius 3 is 0.932 bits per heavy atom. The molecular formula is C40H74O3S. The lowest BCUT2D eigenvalue weighted by atomic mass is 10.0. The van der Waals surface area contributed by atoms with E-state index in [-0.39, 0.29) is 11.5 Å². The standard InChI is InChI=1S/C40H74O3S/c1-3-4-5-6-7-8-9-10-11-12-13-14-15-16-17-18-19-20-21-22-23-24-25-26-27-28-29-30-31-32-33-38-43-44(41,42)40-36-34-39(2)35-37-40/h34-37H,3-33,38H2,1-2H3. The average molecular weight is 635 g/mol. The maximum atomic E-state index is 12.2. The second kappa shape index (κ2) is 30.8. The second-order valence-corrected chi connectivity index (χ2v) is 15.3. The van der Waals surface area contributed by atoms with E-state index in [2.05, 4.69) is 6.92 Å². The van der Waals surface area contributed by atoms with Crippen LogP contribution in [0.4, 0.5) is 0 Å². The van der Waals surface area contributed by atoms with Gasteiger partial charge in [0.1, 0.15) is 0 Å². The largest absolute Gasteiger partial charge is 0.296 e. The van der Waals surface area contributed by atoms with Gasteiger partial charge in [-0.2, -0.15) is 8.42 Å². The van der Waals surface area contributed by atoms with Gasteiger partial charge in [0, 0.05) is 0 Å². The van der Waals surface area contributed by atoms with Gasteiger partial charge in [0.05, 0.1) is 11.5 Å². The number of benzene rings is 1. The Hall–Kier alpha value is -0.870. The Balaban J connectivity index is 1.69. The van der Waals surface area contributed by atoms with E-state index in [1.54, 1.807) is 24.3 Å². The molecule has 0 unspecified atom stereocenters. The van der Waals surface area contributed by atoms with Crippen LogP contribution in [-0.2, 0) is 14.3 Å². The summed E-state index contributed by atoms with van der Waals surface area (Å²) in [6.07, 6.45) is 43.1. The molecule has 0 aliphatic rings. The lowest BCUT2D eigenvalue weighted by molar-refractivity contribution is 0.306. The smallest absolute Gasteiger partial charge is 0.266 e. The summed E-state index contributed by atoms with van der Waals surface area (Å²) in [7, 11) is -3.61. The second-order valence-electron chi connectivity index (χ2n) is 13.7. The van der Waals surface area contributed by atoms with Crippen LogP contribution in [-0.4, -0.2) is 15.0 Å². The van der Waals surface area contributed by atoms with E-state index in [0.717, 1.165) is 18.4 Å². The van der Waals surface area contributed by atoms with Crippen LogP contribution in [0.1, 0.15) is 212 Å². The first-order chi connectivity index (χ1) is 21.6. The van der Waals surface area contributed by atoms with E-state index >= 15 is 0 Å². The van der Waals surface area contributed by atoms with Crippen molar-refractivity contribution < 1.29 is 12.6 Å². The fraction of sp³-hybridized carbons (Fsp3) is 0.850. The molecular weight excluding hydrogens is 561 g/mol. The number of rotatable bonds is 34. The van der Waals surface area contributed by atoms with Crippen LogP contribution in [0.15, 0.2) is 29.2 Å². The molecule has 0 atom stereocenters. The molecule has 0 N–H and O–H groups in total. The Kier molecular flexibility index (Phi) is 28.8. The molecule has 0 spiro atoms. The molecule has 0 saturated heterocycles. The van der Waals surface area contributed by atoms with Crippen molar-refractivity contribution in [3.63, 3.8) is 0 Å². The van der Waals surface area contributed by atoms with Crippen molar-refractivity contribution in [1.29, 1.82) is 0 Å². The third-order valence-corrected chi connectivity index (χ3v) is 10.6. The van der Waals surface area contributed by atoms with Gasteiger partial charge in [-0.15, -0.1) is 0 Å². The molecule has 0 aromatic heterocycles. The molecule has 0 aliphatic carbocycles. The first kappa shape index (κ1) is 41.2. The maximum Gasteiger partial charge on any atom is 0.296 e. The molecule has 0 bridgehead atoms. The average Bonchev–Trinajstić information content (AvgIpc) is 3.02. The molecule has 0 saturated carbocycles. The van der Waals surface area contributed by atoms with Gasteiger partial charge in [-0.1, -0.05) is 217 Å². The molecule has 258 valence electrons. The highest BCUT2D eigenvalue weighted by Gasteiger charge is 2.14. The van der Waals surface area contributed by atoms with Gasteiger partial charge in [0.2, 0.25) is 0 Å². The van der Waals surface area contributed by atoms with E-state index in [4.69, 9.17) is 4.18 Å². The van der Waals surface area contributed by atoms with Crippen LogP contribution in [0.2, 0.25) is 0 Å². The number of hydrogen-bond acceptors (Lipinski definition) is 3. The highest BCUT2D eigenvalue weighted by molar-refractivity contribution is 7.86. The molecule has 0 radical (unpaired) electrons.